The van der Waals surface area contributed by atoms with Crippen molar-refractivity contribution < 1.29 is 9.59 Å². The van der Waals surface area contributed by atoms with Crippen LogP contribution >= 0.6 is 27.7 Å². The van der Waals surface area contributed by atoms with E-state index in [9.17, 15) is 9.59 Å². The van der Waals surface area contributed by atoms with E-state index in [4.69, 9.17) is 5.73 Å². The Hall–Kier alpha value is -1.59. The van der Waals surface area contributed by atoms with Crippen LogP contribution in [0.3, 0.4) is 0 Å². The van der Waals surface area contributed by atoms with E-state index in [1.54, 1.807) is 30.3 Å². The van der Waals surface area contributed by atoms with Crippen LogP contribution in [-0.4, -0.2) is 17.8 Å². The number of benzene rings is 2. The Balaban J connectivity index is 2.41. The number of anilines is 1. The molecular weight excluding hydrogens is 338 g/mol. The van der Waals surface area contributed by atoms with E-state index in [1.807, 2.05) is 6.26 Å². The molecule has 0 bridgehead atoms. The van der Waals surface area contributed by atoms with Crippen LogP contribution in [0.15, 0.2) is 39.7 Å². The fourth-order valence-electron chi connectivity index (χ4n) is 2.41. The highest BCUT2D eigenvalue weighted by Crippen LogP contribution is 2.39. The van der Waals surface area contributed by atoms with Crippen LogP contribution in [0.2, 0.25) is 0 Å². The lowest BCUT2D eigenvalue weighted by Crippen LogP contribution is -2.23. The SMILES string of the molecule is CSc1cc(Br)c(N)c2c1C(=O)c1ccccc1C2=O. The highest BCUT2D eigenvalue weighted by atomic mass is 79.9. The van der Waals surface area contributed by atoms with Gasteiger partial charge in [-0.2, -0.15) is 0 Å². The number of hydrogen-bond acceptors (Lipinski definition) is 4. The van der Waals surface area contributed by atoms with E-state index in [0.717, 1.165) is 4.90 Å². The maximum atomic E-state index is 12.7. The van der Waals surface area contributed by atoms with E-state index in [1.165, 1.54) is 11.8 Å². The molecule has 3 rings (SSSR count). The van der Waals surface area contributed by atoms with E-state index < -0.39 is 0 Å². The molecule has 100 valence electrons. The van der Waals surface area contributed by atoms with Gasteiger partial charge in [-0.3, -0.25) is 9.59 Å². The lowest BCUT2D eigenvalue weighted by molar-refractivity contribution is 0.0977. The standard InChI is InChI=1S/C15H10BrNO2S/c1-20-10-6-9(16)13(17)12-11(10)14(18)7-4-2-3-5-8(7)15(12)19/h2-6H,17H2,1H3. The molecule has 3 nitrogen and oxygen atoms in total. The van der Waals surface area contributed by atoms with Crippen LogP contribution in [0.4, 0.5) is 5.69 Å². The van der Waals surface area contributed by atoms with E-state index in [2.05, 4.69) is 15.9 Å². The van der Waals surface area contributed by atoms with Gasteiger partial charge in [0.1, 0.15) is 0 Å². The Morgan fingerprint density at radius 2 is 1.60 bits per heavy atom. The zero-order valence-corrected chi connectivity index (χ0v) is 13.0. The van der Waals surface area contributed by atoms with Crippen molar-refractivity contribution in [2.24, 2.45) is 0 Å². The average Bonchev–Trinajstić information content (AvgIpc) is 2.47. The summed E-state index contributed by atoms with van der Waals surface area (Å²) in [4.78, 5) is 26.1. The van der Waals surface area contributed by atoms with Gasteiger partial charge >= 0.3 is 0 Å². The van der Waals surface area contributed by atoms with Gasteiger partial charge in [0.2, 0.25) is 0 Å². The summed E-state index contributed by atoms with van der Waals surface area (Å²) in [6.07, 6.45) is 1.87. The molecule has 1 aliphatic rings. The molecule has 0 atom stereocenters. The third kappa shape index (κ3) is 1.73. The summed E-state index contributed by atoms with van der Waals surface area (Å²) in [7, 11) is 0. The van der Waals surface area contributed by atoms with Crippen molar-refractivity contribution in [3.63, 3.8) is 0 Å². The van der Waals surface area contributed by atoms with Crippen LogP contribution in [0.1, 0.15) is 31.8 Å². The number of hydrogen-bond donors (Lipinski definition) is 1. The van der Waals surface area contributed by atoms with Gasteiger partial charge in [-0.25, -0.2) is 0 Å². The number of carbonyl (C=O) groups excluding carboxylic acids is 2. The predicted molar refractivity (Wildman–Crippen MR) is 83.6 cm³/mol. The largest absolute Gasteiger partial charge is 0.397 e. The van der Waals surface area contributed by atoms with Gasteiger partial charge in [0.15, 0.2) is 11.6 Å². The zero-order valence-electron chi connectivity index (χ0n) is 10.6. The second kappa shape index (κ2) is 4.75. The van der Waals surface area contributed by atoms with Crippen LogP contribution in [0.25, 0.3) is 0 Å². The first kappa shape index (κ1) is 13.4. The highest BCUT2D eigenvalue weighted by Gasteiger charge is 2.33. The van der Waals surface area contributed by atoms with E-state index in [-0.39, 0.29) is 11.6 Å². The zero-order chi connectivity index (χ0) is 14.4. The number of nitrogen functional groups attached to an aromatic ring is 1. The van der Waals surface area contributed by atoms with Gasteiger partial charge < -0.3 is 5.73 Å². The van der Waals surface area contributed by atoms with E-state index in [0.29, 0.717) is 32.4 Å². The molecule has 2 aromatic rings. The van der Waals surface area contributed by atoms with Gasteiger partial charge in [-0.15, -0.1) is 11.8 Å². The topological polar surface area (TPSA) is 60.2 Å². The van der Waals surface area contributed by atoms with Crippen molar-refractivity contribution in [3.8, 4) is 0 Å². The number of fused-ring (bicyclic) bond motifs is 2. The number of nitrogens with two attached hydrogens (primary N) is 1. The van der Waals surface area contributed by atoms with Gasteiger partial charge in [0, 0.05) is 26.1 Å². The van der Waals surface area contributed by atoms with Crippen molar-refractivity contribution in [3.05, 3.63) is 57.1 Å². The molecule has 20 heavy (non-hydrogen) atoms. The third-order valence-corrected chi connectivity index (χ3v) is 4.79. The molecule has 0 spiro atoms. The first-order valence-corrected chi connectivity index (χ1v) is 7.92. The average molecular weight is 348 g/mol. The van der Waals surface area contributed by atoms with Gasteiger partial charge in [-0.1, -0.05) is 24.3 Å². The second-order valence-corrected chi connectivity index (χ2v) is 6.13. The fraction of sp³-hybridized carbons (Fsp3) is 0.0667. The van der Waals surface area contributed by atoms with Crippen molar-refractivity contribution in [1.82, 2.24) is 0 Å². The molecule has 2 N–H and O–H groups in total. The van der Waals surface area contributed by atoms with Crippen molar-refractivity contribution in [2.75, 3.05) is 12.0 Å². The quantitative estimate of drug-likeness (QED) is 0.540. The first-order chi connectivity index (χ1) is 9.56. The van der Waals surface area contributed by atoms with Gasteiger partial charge in [0.25, 0.3) is 0 Å². The second-order valence-electron chi connectivity index (χ2n) is 4.43. The molecular formula is C15H10BrNO2S. The summed E-state index contributed by atoms with van der Waals surface area (Å²) in [5, 5.41) is 0. The lowest BCUT2D eigenvalue weighted by atomic mass is 9.83. The Labute approximate surface area is 128 Å². The van der Waals surface area contributed by atoms with Crippen molar-refractivity contribution in [1.29, 1.82) is 0 Å². The predicted octanol–water partition coefficient (Wildman–Crippen LogP) is 3.53. The molecule has 0 fully saturated rings. The Morgan fingerprint density at radius 1 is 1.05 bits per heavy atom. The van der Waals surface area contributed by atoms with Gasteiger partial charge in [0.05, 0.1) is 11.3 Å². The summed E-state index contributed by atoms with van der Waals surface area (Å²) in [6, 6.07) is 8.64. The summed E-state index contributed by atoms with van der Waals surface area (Å²) in [5.74, 6) is -0.331. The Bertz CT molecular complexity index is 771. The molecule has 0 unspecified atom stereocenters. The molecule has 0 saturated heterocycles. The number of halogens is 1. The Kier molecular flexibility index (Phi) is 3.18. The monoisotopic (exact) mass is 347 g/mol. The molecule has 1 aliphatic carbocycles. The van der Waals surface area contributed by atoms with Crippen LogP contribution in [0.5, 0.6) is 0 Å². The minimum Gasteiger partial charge on any atom is -0.397 e. The summed E-state index contributed by atoms with van der Waals surface area (Å²) in [6.45, 7) is 0. The lowest BCUT2D eigenvalue weighted by Gasteiger charge is -2.21. The maximum absolute atomic E-state index is 12.7. The minimum absolute atomic E-state index is 0.140. The van der Waals surface area contributed by atoms with Crippen molar-refractivity contribution in [2.45, 2.75) is 4.90 Å². The number of thioether (sulfide) groups is 1. The normalized spacial score (nSPS) is 13.1. The molecule has 2 aromatic carbocycles. The van der Waals surface area contributed by atoms with E-state index >= 15 is 0 Å². The molecule has 0 saturated carbocycles. The smallest absolute Gasteiger partial charge is 0.196 e. The van der Waals surface area contributed by atoms with Crippen LogP contribution in [0, 0.1) is 0 Å². The molecule has 5 heteroatoms. The molecule has 0 amide bonds. The number of ketones is 2. The van der Waals surface area contributed by atoms with Gasteiger partial charge in [-0.05, 0) is 28.3 Å². The molecule has 0 aliphatic heterocycles. The minimum atomic E-state index is -0.190. The maximum Gasteiger partial charge on any atom is 0.196 e. The highest BCUT2D eigenvalue weighted by molar-refractivity contribution is 9.10. The first-order valence-electron chi connectivity index (χ1n) is 5.90. The molecule has 0 aromatic heterocycles. The van der Waals surface area contributed by atoms with Crippen LogP contribution < -0.4 is 5.73 Å². The summed E-state index contributed by atoms with van der Waals surface area (Å²) >= 11 is 4.78. The fourth-order valence-corrected chi connectivity index (χ4v) is 3.63. The van der Waals surface area contributed by atoms with Crippen molar-refractivity contribution >= 4 is 44.9 Å². The third-order valence-electron chi connectivity index (χ3n) is 3.37. The summed E-state index contributed by atoms with van der Waals surface area (Å²) in [5.41, 5.74) is 7.93. The van der Waals surface area contributed by atoms with Crippen LogP contribution in [-0.2, 0) is 0 Å². The molecule has 0 heterocycles. The number of rotatable bonds is 1. The number of carbonyl (C=O) groups is 2. The Morgan fingerprint density at radius 3 is 2.15 bits per heavy atom. The summed E-state index contributed by atoms with van der Waals surface area (Å²) < 4.78 is 0.640. The molecule has 0 radical (unpaired) electrons.